The van der Waals surface area contributed by atoms with Crippen molar-refractivity contribution in [2.45, 2.75) is 25.8 Å². The molecule has 1 aromatic rings. The highest BCUT2D eigenvalue weighted by Crippen LogP contribution is 2.29. The number of hydrogen-bond acceptors (Lipinski definition) is 3. The van der Waals surface area contributed by atoms with Crippen LogP contribution in [0.1, 0.15) is 18.4 Å². The number of hydrogen-bond donors (Lipinski definition) is 2. The van der Waals surface area contributed by atoms with Gasteiger partial charge in [-0.2, -0.15) is 0 Å². The number of anilines is 1. The Morgan fingerprint density at radius 3 is 2.89 bits per heavy atom. The van der Waals surface area contributed by atoms with Gasteiger partial charge in [0.15, 0.2) is 0 Å². The first-order chi connectivity index (χ1) is 8.95. The van der Waals surface area contributed by atoms with Crippen molar-refractivity contribution in [1.82, 2.24) is 0 Å². The molecular formula is C13H18BrClN2O2. The SMILES string of the molecule is COCCCC(N)C(=O)Nc1cc(Cl)c(C)cc1Br. The van der Waals surface area contributed by atoms with Gasteiger partial charge in [0.05, 0.1) is 11.7 Å². The number of benzene rings is 1. The van der Waals surface area contributed by atoms with Crippen LogP contribution in [0.3, 0.4) is 0 Å². The Bertz CT molecular complexity index is 455. The molecule has 0 heterocycles. The van der Waals surface area contributed by atoms with Crippen LogP contribution in [0.4, 0.5) is 5.69 Å². The van der Waals surface area contributed by atoms with Crippen LogP contribution in [0, 0.1) is 6.92 Å². The Hall–Kier alpha value is -0.620. The van der Waals surface area contributed by atoms with E-state index >= 15 is 0 Å². The van der Waals surface area contributed by atoms with Gasteiger partial charge in [-0.05, 0) is 53.4 Å². The molecule has 0 saturated carbocycles. The number of nitrogens with two attached hydrogens (primary N) is 1. The molecule has 3 N–H and O–H groups in total. The zero-order valence-electron chi connectivity index (χ0n) is 11.0. The van der Waals surface area contributed by atoms with Crippen molar-refractivity contribution in [3.8, 4) is 0 Å². The van der Waals surface area contributed by atoms with Crippen molar-refractivity contribution in [2.75, 3.05) is 19.0 Å². The Labute approximate surface area is 126 Å². The highest BCUT2D eigenvalue weighted by Gasteiger charge is 2.15. The first kappa shape index (κ1) is 16.4. The number of halogens is 2. The third-order valence-corrected chi connectivity index (χ3v) is 3.77. The lowest BCUT2D eigenvalue weighted by molar-refractivity contribution is -0.117. The van der Waals surface area contributed by atoms with Gasteiger partial charge in [-0.1, -0.05) is 11.6 Å². The molecule has 106 valence electrons. The van der Waals surface area contributed by atoms with Crippen LogP contribution < -0.4 is 11.1 Å². The summed E-state index contributed by atoms with van der Waals surface area (Å²) in [5.41, 5.74) is 7.38. The van der Waals surface area contributed by atoms with E-state index in [0.29, 0.717) is 23.7 Å². The summed E-state index contributed by atoms with van der Waals surface area (Å²) in [7, 11) is 1.62. The molecule has 0 spiro atoms. The van der Waals surface area contributed by atoms with Crippen molar-refractivity contribution >= 4 is 39.1 Å². The molecule has 0 saturated heterocycles. The lowest BCUT2D eigenvalue weighted by atomic mass is 10.1. The Kier molecular flexibility index (Phi) is 6.79. The van der Waals surface area contributed by atoms with Crippen LogP contribution in [0.15, 0.2) is 16.6 Å². The van der Waals surface area contributed by atoms with E-state index in [0.717, 1.165) is 16.5 Å². The molecule has 19 heavy (non-hydrogen) atoms. The lowest BCUT2D eigenvalue weighted by Gasteiger charge is -2.14. The minimum absolute atomic E-state index is 0.225. The van der Waals surface area contributed by atoms with Crippen molar-refractivity contribution in [1.29, 1.82) is 0 Å². The normalized spacial score (nSPS) is 12.3. The molecule has 1 aromatic carbocycles. The van der Waals surface area contributed by atoms with Crippen LogP contribution in [0.5, 0.6) is 0 Å². The molecule has 0 radical (unpaired) electrons. The van der Waals surface area contributed by atoms with Crippen LogP contribution in [0.2, 0.25) is 5.02 Å². The van der Waals surface area contributed by atoms with Crippen LogP contribution in [-0.4, -0.2) is 25.7 Å². The maximum absolute atomic E-state index is 11.9. The number of aryl methyl sites for hydroxylation is 1. The summed E-state index contributed by atoms with van der Waals surface area (Å²) in [5.74, 6) is -0.225. The fraction of sp³-hybridized carbons (Fsp3) is 0.462. The molecule has 0 fully saturated rings. The zero-order valence-corrected chi connectivity index (χ0v) is 13.3. The average molecular weight is 350 g/mol. The molecule has 1 atom stereocenters. The van der Waals surface area contributed by atoms with E-state index in [1.807, 2.05) is 13.0 Å². The van der Waals surface area contributed by atoms with Crippen LogP contribution in [-0.2, 0) is 9.53 Å². The number of methoxy groups -OCH3 is 1. The molecule has 0 bridgehead atoms. The Balaban J connectivity index is 2.64. The van der Waals surface area contributed by atoms with Crippen molar-refractivity contribution in [3.05, 3.63) is 27.2 Å². The summed E-state index contributed by atoms with van der Waals surface area (Å²) < 4.78 is 5.71. The zero-order chi connectivity index (χ0) is 14.4. The van der Waals surface area contributed by atoms with Gasteiger partial charge in [-0.15, -0.1) is 0 Å². The number of ether oxygens (including phenoxy) is 1. The Morgan fingerprint density at radius 2 is 2.26 bits per heavy atom. The first-order valence-electron chi connectivity index (χ1n) is 5.96. The summed E-state index contributed by atoms with van der Waals surface area (Å²) >= 11 is 9.42. The fourth-order valence-corrected chi connectivity index (χ4v) is 2.27. The minimum atomic E-state index is -0.554. The van der Waals surface area contributed by atoms with Crippen LogP contribution in [0.25, 0.3) is 0 Å². The maximum Gasteiger partial charge on any atom is 0.241 e. The van der Waals surface area contributed by atoms with E-state index in [4.69, 9.17) is 22.1 Å². The summed E-state index contributed by atoms with van der Waals surface area (Å²) in [6, 6.07) is 3.01. The van der Waals surface area contributed by atoms with Gasteiger partial charge >= 0.3 is 0 Å². The number of amides is 1. The van der Waals surface area contributed by atoms with Gasteiger partial charge in [0.2, 0.25) is 5.91 Å². The van der Waals surface area contributed by atoms with Gasteiger partial charge in [0, 0.05) is 23.2 Å². The van der Waals surface area contributed by atoms with Gasteiger partial charge in [-0.25, -0.2) is 0 Å². The first-order valence-corrected chi connectivity index (χ1v) is 7.13. The second kappa shape index (κ2) is 7.85. The number of carbonyl (C=O) groups excluding carboxylic acids is 1. The van der Waals surface area contributed by atoms with E-state index in [2.05, 4.69) is 21.2 Å². The fourth-order valence-electron chi connectivity index (χ4n) is 1.55. The van der Waals surface area contributed by atoms with E-state index < -0.39 is 6.04 Å². The molecule has 4 nitrogen and oxygen atoms in total. The molecule has 0 aliphatic carbocycles. The minimum Gasteiger partial charge on any atom is -0.385 e. The van der Waals surface area contributed by atoms with E-state index in [-0.39, 0.29) is 5.91 Å². The summed E-state index contributed by atoms with van der Waals surface area (Å²) in [6.07, 6.45) is 1.33. The predicted octanol–water partition coefficient (Wildman–Crippen LogP) is 3.10. The smallest absolute Gasteiger partial charge is 0.241 e. The van der Waals surface area contributed by atoms with Gasteiger partial charge in [0.25, 0.3) is 0 Å². The second-order valence-electron chi connectivity index (χ2n) is 4.31. The molecular weight excluding hydrogens is 332 g/mol. The number of nitrogens with one attached hydrogen (secondary N) is 1. The molecule has 6 heteroatoms. The molecule has 0 aromatic heterocycles. The summed E-state index contributed by atoms with van der Waals surface area (Å²) in [6.45, 7) is 2.50. The summed E-state index contributed by atoms with van der Waals surface area (Å²) in [5, 5.41) is 3.37. The topological polar surface area (TPSA) is 64.3 Å². The van der Waals surface area contributed by atoms with Gasteiger partial charge in [0.1, 0.15) is 0 Å². The monoisotopic (exact) mass is 348 g/mol. The lowest BCUT2D eigenvalue weighted by Crippen LogP contribution is -2.35. The van der Waals surface area contributed by atoms with Crippen molar-refractivity contribution in [3.63, 3.8) is 0 Å². The molecule has 1 unspecified atom stereocenters. The predicted molar refractivity (Wildman–Crippen MR) is 81.6 cm³/mol. The molecule has 0 aliphatic rings. The van der Waals surface area contributed by atoms with Gasteiger partial charge in [-0.3, -0.25) is 4.79 Å². The summed E-state index contributed by atoms with van der Waals surface area (Å²) in [4.78, 5) is 11.9. The third kappa shape index (κ3) is 5.10. The van der Waals surface area contributed by atoms with Gasteiger partial charge < -0.3 is 15.8 Å². The largest absolute Gasteiger partial charge is 0.385 e. The highest BCUT2D eigenvalue weighted by molar-refractivity contribution is 9.10. The average Bonchev–Trinajstić information content (AvgIpc) is 2.36. The van der Waals surface area contributed by atoms with Crippen LogP contribution >= 0.6 is 27.5 Å². The second-order valence-corrected chi connectivity index (χ2v) is 5.57. The van der Waals surface area contributed by atoms with E-state index in [9.17, 15) is 4.79 Å². The third-order valence-electron chi connectivity index (χ3n) is 2.71. The van der Waals surface area contributed by atoms with E-state index in [1.165, 1.54) is 0 Å². The molecule has 1 amide bonds. The van der Waals surface area contributed by atoms with E-state index in [1.54, 1.807) is 13.2 Å². The van der Waals surface area contributed by atoms with Crippen molar-refractivity contribution in [2.24, 2.45) is 5.73 Å². The molecule has 1 rings (SSSR count). The number of rotatable bonds is 6. The Morgan fingerprint density at radius 1 is 1.58 bits per heavy atom. The number of carbonyl (C=O) groups is 1. The highest BCUT2D eigenvalue weighted by atomic mass is 79.9. The van der Waals surface area contributed by atoms with Crippen molar-refractivity contribution < 1.29 is 9.53 Å². The quantitative estimate of drug-likeness (QED) is 0.776. The molecule has 0 aliphatic heterocycles. The maximum atomic E-state index is 11.9. The standard InChI is InChI=1S/C13H18BrClN2O2/c1-8-6-9(14)12(7-10(8)15)17-13(18)11(16)4-3-5-19-2/h6-7,11H,3-5,16H2,1-2H3,(H,17,18).